The van der Waals surface area contributed by atoms with Crippen LogP contribution in [-0.2, 0) is 6.54 Å². The number of para-hydroxylation sites is 1. The van der Waals surface area contributed by atoms with Crippen LogP contribution in [0.2, 0.25) is 0 Å². The zero-order valence-electron chi connectivity index (χ0n) is 16.2. The van der Waals surface area contributed by atoms with Crippen molar-refractivity contribution in [1.29, 1.82) is 0 Å². The van der Waals surface area contributed by atoms with Crippen LogP contribution in [0, 0.1) is 0 Å². The van der Waals surface area contributed by atoms with Crippen LogP contribution < -0.4 is 5.43 Å². The summed E-state index contributed by atoms with van der Waals surface area (Å²) in [5, 5.41) is 11.6. The number of piperidine rings is 1. The van der Waals surface area contributed by atoms with Gasteiger partial charge in [-0.05, 0) is 50.6 Å². The monoisotopic (exact) mass is 406 g/mol. The van der Waals surface area contributed by atoms with Gasteiger partial charge in [0.05, 0.1) is 26.7 Å². The Morgan fingerprint density at radius 2 is 2.10 bits per heavy atom. The first kappa shape index (κ1) is 18.3. The van der Waals surface area contributed by atoms with E-state index in [4.69, 9.17) is 4.42 Å². The topological polar surface area (TPSA) is 66.6 Å². The van der Waals surface area contributed by atoms with Crippen LogP contribution in [0.4, 0.5) is 0 Å². The fourth-order valence-electron chi connectivity index (χ4n) is 4.13. The molecule has 29 heavy (non-hydrogen) atoms. The molecule has 0 bridgehead atoms. The van der Waals surface area contributed by atoms with E-state index in [0.717, 1.165) is 29.6 Å². The maximum Gasteiger partial charge on any atom is 0.202 e. The number of aromatic nitrogens is 1. The first-order valence-electron chi connectivity index (χ1n) is 9.98. The minimum atomic E-state index is -0.113. The number of fused-ring (bicyclic) bond motifs is 2. The van der Waals surface area contributed by atoms with Crippen LogP contribution in [0.1, 0.15) is 31.7 Å². The van der Waals surface area contributed by atoms with Crippen molar-refractivity contribution in [1.82, 2.24) is 9.88 Å². The van der Waals surface area contributed by atoms with Gasteiger partial charge in [0, 0.05) is 12.6 Å². The van der Waals surface area contributed by atoms with Gasteiger partial charge in [-0.1, -0.05) is 18.6 Å². The molecule has 0 spiro atoms. The number of phenolic OH excluding ortho intramolecular Hbond substituents is 1. The lowest BCUT2D eigenvalue weighted by atomic mass is 10.0. The van der Waals surface area contributed by atoms with Crippen molar-refractivity contribution in [3.8, 4) is 16.3 Å². The van der Waals surface area contributed by atoms with Gasteiger partial charge in [0.25, 0.3) is 0 Å². The van der Waals surface area contributed by atoms with Gasteiger partial charge in [-0.15, -0.1) is 11.3 Å². The molecule has 1 aliphatic heterocycles. The van der Waals surface area contributed by atoms with E-state index in [2.05, 4.69) is 16.8 Å². The number of thiazole rings is 1. The van der Waals surface area contributed by atoms with Crippen molar-refractivity contribution in [3.05, 3.63) is 58.4 Å². The maximum atomic E-state index is 13.2. The Hall–Kier alpha value is -2.70. The second-order valence-electron chi connectivity index (χ2n) is 7.72. The lowest BCUT2D eigenvalue weighted by molar-refractivity contribution is 0.151. The third-order valence-electron chi connectivity index (χ3n) is 5.85. The van der Waals surface area contributed by atoms with Crippen LogP contribution in [-0.4, -0.2) is 27.6 Å². The van der Waals surface area contributed by atoms with Gasteiger partial charge in [-0.3, -0.25) is 9.69 Å². The summed E-state index contributed by atoms with van der Waals surface area (Å²) in [5.41, 5.74) is 2.37. The van der Waals surface area contributed by atoms with Gasteiger partial charge in [-0.25, -0.2) is 4.98 Å². The molecular formula is C23H22N2O3S. The Morgan fingerprint density at radius 1 is 1.24 bits per heavy atom. The van der Waals surface area contributed by atoms with Gasteiger partial charge < -0.3 is 9.52 Å². The summed E-state index contributed by atoms with van der Waals surface area (Å²) in [7, 11) is 0. The molecule has 0 aliphatic carbocycles. The average molecular weight is 407 g/mol. The third-order valence-corrected chi connectivity index (χ3v) is 6.92. The van der Waals surface area contributed by atoms with Crippen molar-refractivity contribution in [2.45, 2.75) is 38.8 Å². The molecule has 4 aromatic rings. The number of nitrogens with zero attached hydrogens (tertiary/aromatic N) is 2. The molecule has 0 amide bonds. The van der Waals surface area contributed by atoms with Gasteiger partial charge in [0.1, 0.15) is 22.6 Å². The molecular weight excluding hydrogens is 384 g/mol. The van der Waals surface area contributed by atoms with Crippen molar-refractivity contribution in [2.75, 3.05) is 6.54 Å². The second kappa shape index (κ2) is 7.28. The summed E-state index contributed by atoms with van der Waals surface area (Å²) in [4.78, 5) is 20.2. The van der Waals surface area contributed by atoms with E-state index in [1.807, 2.05) is 24.3 Å². The van der Waals surface area contributed by atoms with E-state index < -0.39 is 0 Å². The minimum absolute atomic E-state index is 0.113. The van der Waals surface area contributed by atoms with Crippen LogP contribution in [0.15, 0.2) is 51.9 Å². The molecule has 2 aromatic heterocycles. The van der Waals surface area contributed by atoms with Crippen LogP contribution in [0.5, 0.6) is 5.75 Å². The first-order valence-corrected chi connectivity index (χ1v) is 10.8. The van der Waals surface area contributed by atoms with Crippen molar-refractivity contribution >= 4 is 32.5 Å². The summed E-state index contributed by atoms with van der Waals surface area (Å²) in [6.45, 7) is 3.78. The Labute approximate surface area is 172 Å². The molecule has 0 unspecified atom stereocenters. The van der Waals surface area contributed by atoms with E-state index in [9.17, 15) is 9.90 Å². The predicted octanol–water partition coefficient (Wildman–Crippen LogP) is 5.15. The summed E-state index contributed by atoms with van der Waals surface area (Å²) in [5.74, 6) is 0.172. The lowest BCUT2D eigenvalue weighted by Gasteiger charge is -2.33. The molecule has 1 N–H and O–H groups in total. The number of aromatic hydroxyl groups is 1. The molecule has 1 atom stereocenters. The Morgan fingerprint density at radius 3 is 2.93 bits per heavy atom. The van der Waals surface area contributed by atoms with Gasteiger partial charge in [0.2, 0.25) is 5.43 Å². The van der Waals surface area contributed by atoms with Crippen molar-refractivity contribution in [2.24, 2.45) is 0 Å². The van der Waals surface area contributed by atoms with Crippen LogP contribution in [0.3, 0.4) is 0 Å². The minimum Gasteiger partial charge on any atom is -0.507 e. The third kappa shape index (κ3) is 3.22. The highest BCUT2D eigenvalue weighted by Crippen LogP contribution is 2.33. The SMILES string of the molecule is C[C@H]1CCCCN1Cc1c(O)ccc2c(=O)c(-c3nc4ccccc4s3)coc12. The fourth-order valence-corrected chi connectivity index (χ4v) is 5.10. The second-order valence-corrected chi connectivity index (χ2v) is 8.75. The maximum absolute atomic E-state index is 13.2. The molecule has 148 valence electrons. The molecule has 0 saturated carbocycles. The smallest absolute Gasteiger partial charge is 0.202 e. The number of phenols is 1. The molecule has 1 saturated heterocycles. The number of rotatable bonds is 3. The van der Waals surface area contributed by atoms with Crippen LogP contribution in [0.25, 0.3) is 31.8 Å². The van der Waals surface area contributed by atoms with Crippen LogP contribution >= 0.6 is 11.3 Å². The zero-order valence-corrected chi connectivity index (χ0v) is 17.0. The van der Waals surface area contributed by atoms with Crippen molar-refractivity contribution in [3.63, 3.8) is 0 Å². The first-order chi connectivity index (χ1) is 14.1. The average Bonchev–Trinajstić information content (AvgIpc) is 3.15. The highest BCUT2D eigenvalue weighted by Gasteiger charge is 2.23. The molecule has 2 aromatic carbocycles. The Kier molecular flexibility index (Phi) is 4.60. The Balaban J connectivity index is 1.61. The molecule has 6 heteroatoms. The molecule has 5 rings (SSSR count). The molecule has 5 nitrogen and oxygen atoms in total. The highest BCUT2D eigenvalue weighted by atomic mass is 32.1. The van der Waals surface area contributed by atoms with E-state index in [1.165, 1.54) is 24.0 Å². The number of hydrogen-bond acceptors (Lipinski definition) is 6. The molecule has 1 fully saturated rings. The van der Waals surface area contributed by atoms with Crippen molar-refractivity contribution < 1.29 is 9.52 Å². The van der Waals surface area contributed by atoms with E-state index in [1.54, 1.807) is 12.1 Å². The molecule has 0 radical (unpaired) electrons. The van der Waals surface area contributed by atoms with E-state index in [-0.39, 0.29) is 11.2 Å². The summed E-state index contributed by atoms with van der Waals surface area (Å²) in [6.07, 6.45) is 5.03. The predicted molar refractivity (Wildman–Crippen MR) is 116 cm³/mol. The fraction of sp³-hybridized carbons (Fsp3) is 0.304. The van der Waals surface area contributed by atoms with E-state index in [0.29, 0.717) is 39.7 Å². The van der Waals surface area contributed by atoms with Gasteiger partial charge >= 0.3 is 0 Å². The summed E-state index contributed by atoms with van der Waals surface area (Å²) < 4.78 is 6.98. The normalized spacial score (nSPS) is 17.9. The number of hydrogen-bond donors (Lipinski definition) is 1. The molecule has 3 heterocycles. The van der Waals surface area contributed by atoms with Gasteiger partial charge in [0.15, 0.2) is 0 Å². The number of likely N-dealkylation sites (tertiary alicyclic amines) is 1. The quantitative estimate of drug-likeness (QED) is 0.510. The number of benzene rings is 2. The largest absolute Gasteiger partial charge is 0.507 e. The summed E-state index contributed by atoms with van der Waals surface area (Å²) in [6, 6.07) is 11.5. The lowest BCUT2D eigenvalue weighted by Crippen LogP contribution is -2.36. The van der Waals surface area contributed by atoms with Gasteiger partial charge in [-0.2, -0.15) is 0 Å². The zero-order chi connectivity index (χ0) is 20.0. The van der Waals surface area contributed by atoms with E-state index >= 15 is 0 Å². The highest BCUT2D eigenvalue weighted by molar-refractivity contribution is 7.21. The standard InChI is InChI=1S/C23H22N2O3S/c1-14-6-4-5-11-25(14)12-16-19(26)10-9-15-21(27)17(13-28-22(15)16)23-24-18-7-2-3-8-20(18)29-23/h2-3,7-10,13-14,26H,4-6,11-12H2,1H3/t14-/m0/s1. The Bertz CT molecular complexity index is 1230. The summed E-state index contributed by atoms with van der Waals surface area (Å²) >= 11 is 1.48. The molecule has 1 aliphatic rings.